The van der Waals surface area contributed by atoms with E-state index in [9.17, 15) is 9.59 Å². The summed E-state index contributed by atoms with van der Waals surface area (Å²) in [4.78, 5) is 27.5. The molecule has 2 unspecified atom stereocenters. The molecule has 0 aliphatic rings. The van der Waals surface area contributed by atoms with Gasteiger partial charge in [-0.1, -0.05) is 19.1 Å². The van der Waals surface area contributed by atoms with Gasteiger partial charge in [-0.2, -0.15) is 0 Å². The van der Waals surface area contributed by atoms with E-state index in [4.69, 9.17) is 0 Å². The fraction of sp³-hybridized carbons (Fsp3) is 0.316. The Morgan fingerprint density at radius 1 is 1.08 bits per heavy atom. The van der Waals surface area contributed by atoms with Crippen molar-refractivity contribution in [3.8, 4) is 0 Å². The van der Waals surface area contributed by atoms with Gasteiger partial charge in [-0.05, 0) is 48.7 Å². The van der Waals surface area contributed by atoms with Gasteiger partial charge in [0, 0.05) is 25.0 Å². The molecule has 6 heteroatoms. The molecule has 0 saturated heterocycles. The lowest BCUT2D eigenvalue weighted by Crippen LogP contribution is -2.39. The van der Waals surface area contributed by atoms with E-state index >= 15 is 0 Å². The van der Waals surface area contributed by atoms with E-state index in [2.05, 4.69) is 20.9 Å². The molecule has 0 aliphatic heterocycles. The van der Waals surface area contributed by atoms with Gasteiger partial charge in [0.2, 0.25) is 5.91 Å². The summed E-state index contributed by atoms with van der Waals surface area (Å²) in [7, 11) is 0. The topological polar surface area (TPSA) is 83.1 Å². The highest BCUT2D eigenvalue weighted by atomic mass is 16.2. The number of benzene rings is 1. The van der Waals surface area contributed by atoms with Gasteiger partial charge >= 0.3 is 6.03 Å². The normalized spacial score (nSPS) is 12.8. The highest BCUT2D eigenvalue weighted by Crippen LogP contribution is 2.18. The van der Waals surface area contributed by atoms with Crippen LogP contribution in [0, 0.1) is 0 Å². The molecule has 6 nitrogen and oxygen atoms in total. The Bertz CT molecular complexity index is 718. The molecule has 1 aromatic carbocycles. The van der Waals surface area contributed by atoms with E-state index in [1.807, 2.05) is 50.2 Å². The van der Waals surface area contributed by atoms with Crippen LogP contribution in [0.5, 0.6) is 0 Å². The number of carbonyl (C=O) groups is 2. The second kappa shape index (κ2) is 8.82. The van der Waals surface area contributed by atoms with Crippen molar-refractivity contribution in [2.24, 2.45) is 0 Å². The van der Waals surface area contributed by atoms with Crippen LogP contribution in [0.1, 0.15) is 50.4 Å². The number of hydrogen-bond donors (Lipinski definition) is 3. The molecule has 132 valence electrons. The average molecular weight is 340 g/mol. The molecule has 1 aromatic heterocycles. The third-order valence-electron chi connectivity index (χ3n) is 3.88. The lowest BCUT2D eigenvalue weighted by atomic mass is 10.1. The van der Waals surface area contributed by atoms with Crippen LogP contribution >= 0.6 is 0 Å². The van der Waals surface area contributed by atoms with Crippen LogP contribution in [0.4, 0.5) is 10.5 Å². The number of anilines is 1. The Morgan fingerprint density at radius 3 is 2.44 bits per heavy atom. The molecule has 25 heavy (non-hydrogen) atoms. The van der Waals surface area contributed by atoms with Crippen LogP contribution < -0.4 is 16.0 Å². The number of amides is 3. The van der Waals surface area contributed by atoms with Gasteiger partial charge in [0.1, 0.15) is 0 Å². The van der Waals surface area contributed by atoms with Gasteiger partial charge < -0.3 is 16.0 Å². The van der Waals surface area contributed by atoms with Crippen LogP contribution in [0.2, 0.25) is 0 Å². The number of aromatic nitrogens is 1. The molecule has 3 N–H and O–H groups in total. The molecule has 0 bridgehead atoms. The van der Waals surface area contributed by atoms with E-state index in [0.717, 1.165) is 17.5 Å². The van der Waals surface area contributed by atoms with Crippen molar-refractivity contribution in [1.29, 1.82) is 0 Å². The first-order valence-electron chi connectivity index (χ1n) is 8.34. The molecule has 0 saturated carbocycles. The Labute approximate surface area is 148 Å². The minimum absolute atomic E-state index is 0.0686. The van der Waals surface area contributed by atoms with E-state index in [1.54, 1.807) is 12.4 Å². The first-order valence-corrected chi connectivity index (χ1v) is 8.34. The van der Waals surface area contributed by atoms with Gasteiger partial charge in [-0.25, -0.2) is 4.79 Å². The molecule has 1 heterocycles. The smallest absolute Gasteiger partial charge is 0.315 e. The van der Waals surface area contributed by atoms with Crippen molar-refractivity contribution in [2.75, 3.05) is 5.32 Å². The standard InChI is InChI=1S/C19H24N4O2/c1-4-18(15-8-10-20-11-9-15)23-19(25)21-13(2)16-6-5-7-17(12-16)22-14(3)24/h5-13,18H,4H2,1-3H3,(H,22,24)(H2,21,23,25). The predicted octanol–water partition coefficient (Wildman–Crippen LogP) is 3.55. The summed E-state index contributed by atoms with van der Waals surface area (Å²) in [5.41, 5.74) is 2.65. The van der Waals surface area contributed by atoms with Crippen molar-refractivity contribution in [3.05, 3.63) is 59.9 Å². The highest BCUT2D eigenvalue weighted by Gasteiger charge is 2.15. The number of hydrogen-bond acceptors (Lipinski definition) is 3. The maximum Gasteiger partial charge on any atom is 0.315 e. The van der Waals surface area contributed by atoms with Crippen molar-refractivity contribution >= 4 is 17.6 Å². The Balaban J connectivity index is 1.98. The van der Waals surface area contributed by atoms with Crippen LogP contribution in [0.15, 0.2) is 48.8 Å². The summed E-state index contributed by atoms with van der Waals surface area (Å²) in [6.07, 6.45) is 4.21. The fourth-order valence-corrected chi connectivity index (χ4v) is 2.59. The molecular weight excluding hydrogens is 316 g/mol. The second-order valence-corrected chi connectivity index (χ2v) is 5.89. The maximum atomic E-state index is 12.3. The quantitative estimate of drug-likeness (QED) is 0.752. The largest absolute Gasteiger partial charge is 0.332 e. The molecule has 2 rings (SSSR count). The van der Waals surface area contributed by atoms with E-state index in [-0.39, 0.29) is 24.0 Å². The van der Waals surface area contributed by atoms with Crippen molar-refractivity contribution in [3.63, 3.8) is 0 Å². The molecule has 0 fully saturated rings. The van der Waals surface area contributed by atoms with Crippen LogP contribution in [-0.4, -0.2) is 16.9 Å². The number of carbonyl (C=O) groups excluding carboxylic acids is 2. The molecule has 0 radical (unpaired) electrons. The summed E-state index contributed by atoms with van der Waals surface area (Å²) >= 11 is 0. The van der Waals surface area contributed by atoms with Crippen molar-refractivity contribution in [2.45, 2.75) is 39.3 Å². The lowest BCUT2D eigenvalue weighted by Gasteiger charge is -2.21. The minimum atomic E-state index is -0.235. The first-order chi connectivity index (χ1) is 12.0. The summed E-state index contributed by atoms with van der Waals surface area (Å²) < 4.78 is 0. The molecule has 2 aromatic rings. The first kappa shape index (κ1) is 18.4. The minimum Gasteiger partial charge on any atom is -0.332 e. The SMILES string of the molecule is CCC(NC(=O)NC(C)c1cccc(NC(C)=O)c1)c1ccncc1. The van der Waals surface area contributed by atoms with Crippen molar-refractivity contribution in [1.82, 2.24) is 15.6 Å². The molecule has 0 aliphatic carbocycles. The summed E-state index contributed by atoms with van der Waals surface area (Å²) in [6.45, 7) is 5.39. The van der Waals surface area contributed by atoms with Gasteiger partial charge in [-0.15, -0.1) is 0 Å². The average Bonchev–Trinajstić information content (AvgIpc) is 2.60. The van der Waals surface area contributed by atoms with Gasteiger partial charge in [0.15, 0.2) is 0 Å². The summed E-state index contributed by atoms with van der Waals surface area (Å²) in [5, 5.41) is 8.66. The van der Waals surface area contributed by atoms with E-state index in [0.29, 0.717) is 5.69 Å². The van der Waals surface area contributed by atoms with E-state index < -0.39 is 0 Å². The maximum absolute atomic E-state index is 12.3. The number of nitrogens with zero attached hydrogens (tertiary/aromatic N) is 1. The second-order valence-electron chi connectivity index (χ2n) is 5.89. The van der Waals surface area contributed by atoms with Gasteiger partial charge in [0.25, 0.3) is 0 Å². The number of urea groups is 1. The van der Waals surface area contributed by atoms with Crippen LogP contribution in [0.25, 0.3) is 0 Å². The Hall–Kier alpha value is -2.89. The van der Waals surface area contributed by atoms with Crippen LogP contribution in [0.3, 0.4) is 0 Å². The van der Waals surface area contributed by atoms with E-state index in [1.165, 1.54) is 6.92 Å². The number of rotatable bonds is 6. The zero-order valence-electron chi connectivity index (χ0n) is 14.7. The molecule has 3 amide bonds. The molecule has 2 atom stereocenters. The zero-order chi connectivity index (χ0) is 18.2. The predicted molar refractivity (Wildman–Crippen MR) is 98.1 cm³/mol. The lowest BCUT2D eigenvalue weighted by molar-refractivity contribution is -0.114. The summed E-state index contributed by atoms with van der Waals surface area (Å²) in [6, 6.07) is 10.7. The number of nitrogens with one attached hydrogen (secondary N) is 3. The van der Waals surface area contributed by atoms with Crippen molar-refractivity contribution < 1.29 is 9.59 Å². The fourth-order valence-electron chi connectivity index (χ4n) is 2.59. The Morgan fingerprint density at radius 2 is 1.80 bits per heavy atom. The third-order valence-corrected chi connectivity index (χ3v) is 3.88. The van der Waals surface area contributed by atoms with Crippen LogP contribution in [-0.2, 0) is 4.79 Å². The number of pyridine rings is 1. The summed E-state index contributed by atoms with van der Waals surface area (Å²) in [5.74, 6) is -0.126. The molecular formula is C19H24N4O2. The highest BCUT2D eigenvalue weighted by molar-refractivity contribution is 5.88. The Kier molecular flexibility index (Phi) is 6.51. The third kappa shape index (κ3) is 5.60. The molecule has 0 spiro atoms. The van der Waals surface area contributed by atoms with Gasteiger partial charge in [-0.3, -0.25) is 9.78 Å². The monoisotopic (exact) mass is 340 g/mol. The zero-order valence-corrected chi connectivity index (χ0v) is 14.7. The van der Waals surface area contributed by atoms with Gasteiger partial charge in [0.05, 0.1) is 12.1 Å².